The number of halogens is 3. The maximum absolute atomic E-state index is 12.0. The van der Waals surface area contributed by atoms with Gasteiger partial charge in [0.25, 0.3) is 0 Å². The molecule has 160 valence electrons. The van der Waals surface area contributed by atoms with Crippen LogP contribution in [0.2, 0.25) is 10.0 Å². The third-order valence-electron chi connectivity index (χ3n) is 4.25. The largest absolute Gasteiger partial charge is 0.493 e. The predicted molar refractivity (Wildman–Crippen MR) is 127 cm³/mol. The highest BCUT2D eigenvalue weighted by Crippen LogP contribution is 2.29. The van der Waals surface area contributed by atoms with Gasteiger partial charge in [0.2, 0.25) is 5.91 Å². The number of ether oxygens (including phenoxy) is 2. The zero-order valence-corrected chi connectivity index (χ0v) is 19.7. The Kier molecular flexibility index (Phi) is 8.35. The molecule has 31 heavy (non-hydrogen) atoms. The van der Waals surface area contributed by atoms with Crippen LogP contribution in [0.5, 0.6) is 11.5 Å². The maximum Gasteiger partial charge on any atom is 0.244 e. The molecule has 5 nitrogen and oxygen atoms in total. The highest BCUT2D eigenvalue weighted by molar-refractivity contribution is 9.10. The number of methoxy groups -OCH3 is 1. The van der Waals surface area contributed by atoms with E-state index in [2.05, 4.69) is 26.5 Å². The predicted octanol–water partition coefficient (Wildman–Crippen LogP) is 6.04. The molecule has 0 aliphatic heterocycles. The molecule has 0 aliphatic carbocycles. The molecule has 0 aromatic heterocycles. The van der Waals surface area contributed by atoms with Crippen molar-refractivity contribution in [3.63, 3.8) is 0 Å². The molecule has 0 fully saturated rings. The first-order valence-electron chi connectivity index (χ1n) is 9.25. The topological polar surface area (TPSA) is 59.9 Å². The van der Waals surface area contributed by atoms with Gasteiger partial charge in [-0.15, -0.1) is 0 Å². The Labute approximate surface area is 199 Å². The number of carbonyl (C=O) groups excluding carboxylic acids is 1. The molecule has 3 aromatic carbocycles. The van der Waals surface area contributed by atoms with E-state index < -0.39 is 0 Å². The maximum atomic E-state index is 12.0. The van der Waals surface area contributed by atoms with Gasteiger partial charge >= 0.3 is 0 Å². The summed E-state index contributed by atoms with van der Waals surface area (Å²) < 4.78 is 12.2. The molecule has 1 amide bonds. The summed E-state index contributed by atoms with van der Waals surface area (Å²) in [4.78, 5) is 12.0. The number of hydrogen-bond donors (Lipinski definition) is 1. The lowest BCUT2D eigenvalue weighted by Gasteiger charge is -2.11. The van der Waals surface area contributed by atoms with E-state index in [9.17, 15) is 4.79 Å². The number of nitrogens with one attached hydrogen (secondary N) is 1. The zero-order valence-electron chi connectivity index (χ0n) is 16.6. The van der Waals surface area contributed by atoms with Gasteiger partial charge in [0, 0.05) is 4.47 Å². The Bertz CT molecular complexity index is 1090. The number of amides is 1. The first-order valence-corrected chi connectivity index (χ1v) is 10.8. The van der Waals surface area contributed by atoms with Crippen LogP contribution in [0.1, 0.15) is 16.7 Å². The fourth-order valence-corrected chi connectivity index (χ4v) is 3.27. The van der Waals surface area contributed by atoms with E-state index in [0.29, 0.717) is 28.2 Å². The minimum absolute atomic E-state index is 0.202. The molecule has 0 atom stereocenters. The first kappa shape index (κ1) is 23.1. The summed E-state index contributed by atoms with van der Waals surface area (Å²) in [5.41, 5.74) is 5.07. The van der Waals surface area contributed by atoms with Crippen LogP contribution in [0, 0.1) is 0 Å². The highest BCUT2D eigenvalue weighted by Gasteiger charge is 2.07. The molecule has 0 aliphatic rings. The average molecular weight is 522 g/mol. The number of hydrogen-bond acceptors (Lipinski definition) is 4. The molecular formula is C23H19BrCl2N2O3. The Morgan fingerprint density at radius 3 is 2.45 bits per heavy atom. The van der Waals surface area contributed by atoms with Crippen LogP contribution >= 0.6 is 39.1 Å². The van der Waals surface area contributed by atoms with E-state index in [0.717, 1.165) is 21.2 Å². The highest BCUT2D eigenvalue weighted by atomic mass is 79.9. The summed E-state index contributed by atoms with van der Waals surface area (Å²) in [6.07, 6.45) is 1.79. The van der Waals surface area contributed by atoms with Gasteiger partial charge in [-0.05, 0) is 59.2 Å². The van der Waals surface area contributed by atoms with Crippen LogP contribution in [-0.4, -0.2) is 19.2 Å². The van der Waals surface area contributed by atoms with Crippen LogP contribution in [0.25, 0.3) is 0 Å². The Hall–Kier alpha value is -2.54. The van der Waals surface area contributed by atoms with Crippen molar-refractivity contribution in [2.24, 2.45) is 5.10 Å². The molecule has 0 unspecified atom stereocenters. The van der Waals surface area contributed by atoms with Crippen molar-refractivity contribution in [3.05, 3.63) is 91.9 Å². The summed E-state index contributed by atoms with van der Waals surface area (Å²) >= 11 is 15.3. The van der Waals surface area contributed by atoms with E-state index in [1.807, 2.05) is 36.4 Å². The average Bonchev–Trinajstić information content (AvgIpc) is 2.76. The van der Waals surface area contributed by atoms with E-state index in [4.69, 9.17) is 32.7 Å². The molecule has 0 bridgehead atoms. The number of hydrazone groups is 1. The lowest BCUT2D eigenvalue weighted by Crippen LogP contribution is -2.19. The SMILES string of the molecule is COc1cc(/C=N\NC(=O)Cc2ccc(Br)cc2)ccc1OCc1ccc(Cl)c(Cl)c1. The Morgan fingerprint density at radius 1 is 1.00 bits per heavy atom. The van der Waals surface area contributed by atoms with Crippen LogP contribution < -0.4 is 14.9 Å². The second-order valence-electron chi connectivity index (χ2n) is 6.54. The van der Waals surface area contributed by atoms with Gasteiger partial charge in [-0.3, -0.25) is 4.79 Å². The van der Waals surface area contributed by atoms with Gasteiger partial charge in [-0.2, -0.15) is 5.10 Å². The van der Waals surface area contributed by atoms with Crippen molar-refractivity contribution in [3.8, 4) is 11.5 Å². The smallest absolute Gasteiger partial charge is 0.244 e. The second kappa shape index (κ2) is 11.2. The third kappa shape index (κ3) is 6.99. The van der Waals surface area contributed by atoms with Crippen molar-refractivity contribution >= 4 is 51.3 Å². The van der Waals surface area contributed by atoms with E-state index >= 15 is 0 Å². The summed E-state index contributed by atoms with van der Waals surface area (Å²) in [6, 6.07) is 18.3. The minimum atomic E-state index is -0.202. The normalized spacial score (nSPS) is 10.8. The van der Waals surface area contributed by atoms with E-state index in [1.165, 1.54) is 0 Å². The summed E-state index contributed by atoms with van der Waals surface area (Å²) in [6.45, 7) is 0.312. The molecule has 3 rings (SSSR count). The Balaban J connectivity index is 1.57. The molecule has 8 heteroatoms. The van der Waals surface area contributed by atoms with Crippen LogP contribution in [0.15, 0.2) is 70.2 Å². The molecule has 3 aromatic rings. The van der Waals surface area contributed by atoms with Crippen LogP contribution in [0.4, 0.5) is 0 Å². The van der Waals surface area contributed by atoms with Gasteiger partial charge in [0.15, 0.2) is 11.5 Å². The molecule has 0 radical (unpaired) electrons. The minimum Gasteiger partial charge on any atom is -0.493 e. The molecule has 0 spiro atoms. The molecule has 0 heterocycles. The van der Waals surface area contributed by atoms with Crippen molar-refractivity contribution in [2.75, 3.05) is 7.11 Å². The molecule has 1 N–H and O–H groups in total. The van der Waals surface area contributed by atoms with Crippen molar-refractivity contribution in [2.45, 2.75) is 13.0 Å². The number of carbonyl (C=O) groups is 1. The van der Waals surface area contributed by atoms with E-state index in [-0.39, 0.29) is 12.3 Å². The number of rotatable bonds is 8. The quantitative estimate of drug-likeness (QED) is 0.290. The third-order valence-corrected chi connectivity index (χ3v) is 5.51. The van der Waals surface area contributed by atoms with Gasteiger partial charge in [0.05, 0.1) is 29.8 Å². The van der Waals surface area contributed by atoms with Gasteiger partial charge in [0.1, 0.15) is 6.61 Å². The van der Waals surface area contributed by atoms with E-state index in [1.54, 1.807) is 37.6 Å². The Morgan fingerprint density at radius 2 is 1.74 bits per heavy atom. The summed E-state index contributed by atoms with van der Waals surface area (Å²) in [7, 11) is 1.56. The zero-order chi connectivity index (χ0) is 22.2. The molecule has 0 saturated carbocycles. The fraction of sp³-hybridized carbons (Fsp3) is 0.130. The van der Waals surface area contributed by atoms with Crippen molar-refractivity contribution in [1.82, 2.24) is 5.43 Å². The van der Waals surface area contributed by atoms with Crippen LogP contribution in [0.3, 0.4) is 0 Å². The summed E-state index contributed by atoms with van der Waals surface area (Å²) in [5, 5.41) is 4.99. The monoisotopic (exact) mass is 520 g/mol. The first-order chi connectivity index (χ1) is 14.9. The number of nitrogens with zero attached hydrogens (tertiary/aromatic N) is 1. The molecular weight excluding hydrogens is 503 g/mol. The van der Waals surface area contributed by atoms with Crippen molar-refractivity contribution < 1.29 is 14.3 Å². The van der Waals surface area contributed by atoms with Gasteiger partial charge in [-0.1, -0.05) is 57.3 Å². The lowest BCUT2D eigenvalue weighted by molar-refractivity contribution is -0.120. The van der Waals surface area contributed by atoms with Crippen molar-refractivity contribution in [1.29, 1.82) is 0 Å². The molecule has 0 saturated heterocycles. The van der Waals surface area contributed by atoms with Gasteiger partial charge in [-0.25, -0.2) is 5.43 Å². The second-order valence-corrected chi connectivity index (χ2v) is 8.27. The van der Waals surface area contributed by atoms with Crippen LogP contribution in [-0.2, 0) is 17.8 Å². The fourth-order valence-electron chi connectivity index (χ4n) is 2.68. The van der Waals surface area contributed by atoms with Gasteiger partial charge < -0.3 is 9.47 Å². The number of benzene rings is 3. The standard InChI is InChI=1S/C23H19BrCl2N2O3/c1-30-22-11-16(13-27-28-23(29)12-15-2-6-18(24)7-3-15)5-9-21(22)31-14-17-4-8-19(25)20(26)10-17/h2-11,13H,12,14H2,1H3,(H,28,29)/b27-13-. The summed E-state index contributed by atoms with van der Waals surface area (Å²) in [5.74, 6) is 0.919. The lowest BCUT2D eigenvalue weighted by atomic mass is 10.1.